The van der Waals surface area contributed by atoms with Gasteiger partial charge in [0.15, 0.2) is 0 Å². The SMILES string of the molecule is CCSCCOc1ccccc1/C=C/C(=O)O. The molecule has 0 spiro atoms. The van der Waals surface area contributed by atoms with Crippen LogP contribution in [0.15, 0.2) is 30.3 Å². The molecule has 0 aromatic heterocycles. The minimum atomic E-state index is -0.957. The largest absolute Gasteiger partial charge is 0.492 e. The van der Waals surface area contributed by atoms with Crippen molar-refractivity contribution in [1.29, 1.82) is 0 Å². The predicted molar refractivity (Wildman–Crippen MR) is 71.6 cm³/mol. The lowest BCUT2D eigenvalue weighted by atomic mass is 10.2. The Morgan fingerprint density at radius 1 is 1.47 bits per heavy atom. The first-order valence-electron chi connectivity index (χ1n) is 5.44. The van der Waals surface area contributed by atoms with Crippen LogP contribution in [0.4, 0.5) is 0 Å². The standard InChI is InChI=1S/C13H16O3S/c1-2-17-10-9-16-12-6-4-3-5-11(12)7-8-13(14)15/h3-8H,2,9-10H2,1H3,(H,14,15)/b8-7+. The quantitative estimate of drug-likeness (QED) is 0.598. The van der Waals surface area contributed by atoms with Gasteiger partial charge in [-0.2, -0.15) is 11.8 Å². The molecule has 0 aliphatic heterocycles. The van der Waals surface area contributed by atoms with Gasteiger partial charge < -0.3 is 9.84 Å². The van der Waals surface area contributed by atoms with Gasteiger partial charge in [0.25, 0.3) is 0 Å². The number of benzene rings is 1. The van der Waals surface area contributed by atoms with E-state index in [-0.39, 0.29) is 0 Å². The van der Waals surface area contributed by atoms with E-state index < -0.39 is 5.97 Å². The molecule has 0 fully saturated rings. The second-order valence-electron chi connectivity index (χ2n) is 3.25. The normalized spacial score (nSPS) is 10.6. The highest BCUT2D eigenvalue weighted by Crippen LogP contribution is 2.19. The summed E-state index contributed by atoms with van der Waals surface area (Å²) in [6.45, 7) is 2.74. The van der Waals surface area contributed by atoms with E-state index in [2.05, 4.69) is 6.92 Å². The molecular formula is C13H16O3S. The highest BCUT2D eigenvalue weighted by molar-refractivity contribution is 7.99. The number of hydrogen-bond donors (Lipinski definition) is 1. The van der Waals surface area contributed by atoms with Crippen molar-refractivity contribution in [3.8, 4) is 5.75 Å². The van der Waals surface area contributed by atoms with E-state index in [9.17, 15) is 4.79 Å². The van der Waals surface area contributed by atoms with Gasteiger partial charge in [-0.25, -0.2) is 4.79 Å². The lowest BCUT2D eigenvalue weighted by molar-refractivity contribution is -0.131. The average Bonchev–Trinajstić information content (AvgIpc) is 2.33. The second kappa shape index (κ2) is 7.79. The summed E-state index contributed by atoms with van der Waals surface area (Å²) in [5.41, 5.74) is 0.788. The molecule has 1 aromatic rings. The number of ether oxygens (including phenoxy) is 1. The fraction of sp³-hybridized carbons (Fsp3) is 0.308. The van der Waals surface area contributed by atoms with Gasteiger partial charge in [-0.1, -0.05) is 25.1 Å². The Kier molecular flexibility index (Phi) is 6.25. The Bertz CT molecular complexity index is 388. The summed E-state index contributed by atoms with van der Waals surface area (Å²) in [5.74, 6) is 1.78. The molecule has 0 saturated carbocycles. The third kappa shape index (κ3) is 5.45. The molecule has 0 bridgehead atoms. The topological polar surface area (TPSA) is 46.5 Å². The van der Waals surface area contributed by atoms with Crippen molar-refractivity contribution in [2.75, 3.05) is 18.1 Å². The van der Waals surface area contributed by atoms with E-state index in [0.717, 1.165) is 28.9 Å². The van der Waals surface area contributed by atoms with Crippen LogP contribution in [0.5, 0.6) is 5.75 Å². The van der Waals surface area contributed by atoms with Gasteiger partial charge in [-0.05, 0) is 17.9 Å². The fourth-order valence-corrected chi connectivity index (χ4v) is 1.76. The van der Waals surface area contributed by atoms with Crippen LogP contribution in [0.25, 0.3) is 6.08 Å². The van der Waals surface area contributed by atoms with Crippen LogP contribution >= 0.6 is 11.8 Å². The van der Waals surface area contributed by atoms with Crippen LogP contribution in [-0.4, -0.2) is 29.2 Å². The summed E-state index contributed by atoms with van der Waals surface area (Å²) in [7, 11) is 0. The molecule has 1 N–H and O–H groups in total. The van der Waals surface area contributed by atoms with Crippen molar-refractivity contribution in [2.24, 2.45) is 0 Å². The summed E-state index contributed by atoms with van der Waals surface area (Å²) < 4.78 is 5.61. The maximum Gasteiger partial charge on any atom is 0.328 e. The molecule has 0 atom stereocenters. The third-order valence-corrected chi connectivity index (χ3v) is 2.88. The van der Waals surface area contributed by atoms with Crippen molar-refractivity contribution in [3.63, 3.8) is 0 Å². The monoisotopic (exact) mass is 252 g/mol. The smallest absolute Gasteiger partial charge is 0.328 e. The van der Waals surface area contributed by atoms with Gasteiger partial charge in [-0.3, -0.25) is 0 Å². The maximum atomic E-state index is 10.5. The lowest BCUT2D eigenvalue weighted by Crippen LogP contribution is -2.01. The van der Waals surface area contributed by atoms with Crippen molar-refractivity contribution >= 4 is 23.8 Å². The Labute approximate surface area is 105 Å². The van der Waals surface area contributed by atoms with Crippen LogP contribution < -0.4 is 4.74 Å². The summed E-state index contributed by atoms with van der Waals surface area (Å²) in [6, 6.07) is 7.41. The molecule has 0 heterocycles. The Morgan fingerprint density at radius 2 is 2.24 bits per heavy atom. The third-order valence-electron chi connectivity index (χ3n) is 2.01. The van der Waals surface area contributed by atoms with Crippen molar-refractivity contribution in [3.05, 3.63) is 35.9 Å². The molecule has 0 radical (unpaired) electrons. The van der Waals surface area contributed by atoms with Crippen LogP contribution in [0.2, 0.25) is 0 Å². The zero-order chi connectivity index (χ0) is 12.5. The van der Waals surface area contributed by atoms with Crippen LogP contribution in [0, 0.1) is 0 Å². The van der Waals surface area contributed by atoms with E-state index in [1.807, 2.05) is 36.0 Å². The lowest BCUT2D eigenvalue weighted by Gasteiger charge is -2.08. The first-order chi connectivity index (χ1) is 8.24. The fourth-order valence-electron chi connectivity index (χ4n) is 1.27. The minimum Gasteiger partial charge on any atom is -0.492 e. The maximum absolute atomic E-state index is 10.5. The van der Waals surface area contributed by atoms with Crippen molar-refractivity contribution in [1.82, 2.24) is 0 Å². The van der Waals surface area contributed by atoms with Gasteiger partial charge in [0.2, 0.25) is 0 Å². The number of para-hydroxylation sites is 1. The molecule has 0 aliphatic carbocycles. The van der Waals surface area contributed by atoms with Crippen molar-refractivity contribution < 1.29 is 14.6 Å². The van der Waals surface area contributed by atoms with Crippen LogP contribution in [0.3, 0.4) is 0 Å². The van der Waals surface area contributed by atoms with Gasteiger partial charge in [-0.15, -0.1) is 0 Å². The number of aliphatic carboxylic acids is 1. The number of carboxylic acid groups (broad SMARTS) is 1. The van der Waals surface area contributed by atoms with E-state index >= 15 is 0 Å². The van der Waals surface area contributed by atoms with E-state index in [4.69, 9.17) is 9.84 Å². The second-order valence-corrected chi connectivity index (χ2v) is 4.65. The first kappa shape index (κ1) is 13.6. The highest BCUT2D eigenvalue weighted by Gasteiger charge is 2.00. The molecule has 92 valence electrons. The summed E-state index contributed by atoms with van der Waals surface area (Å²) in [5, 5.41) is 8.58. The van der Waals surface area contributed by atoms with Gasteiger partial charge in [0, 0.05) is 17.4 Å². The zero-order valence-electron chi connectivity index (χ0n) is 9.76. The number of carboxylic acids is 1. The molecule has 1 aromatic carbocycles. The van der Waals surface area contributed by atoms with Gasteiger partial charge >= 0.3 is 5.97 Å². The number of rotatable bonds is 7. The van der Waals surface area contributed by atoms with Crippen LogP contribution in [-0.2, 0) is 4.79 Å². The summed E-state index contributed by atoms with van der Waals surface area (Å²) in [6.07, 6.45) is 2.66. The number of thioether (sulfide) groups is 1. The molecular weight excluding hydrogens is 236 g/mol. The number of hydrogen-bond acceptors (Lipinski definition) is 3. The molecule has 0 saturated heterocycles. The van der Waals surface area contributed by atoms with Gasteiger partial charge in [0.1, 0.15) is 5.75 Å². The van der Waals surface area contributed by atoms with Crippen molar-refractivity contribution in [2.45, 2.75) is 6.92 Å². The number of carbonyl (C=O) groups is 1. The highest BCUT2D eigenvalue weighted by atomic mass is 32.2. The zero-order valence-corrected chi connectivity index (χ0v) is 10.6. The van der Waals surface area contributed by atoms with Gasteiger partial charge in [0.05, 0.1) is 6.61 Å². The summed E-state index contributed by atoms with van der Waals surface area (Å²) >= 11 is 1.81. The van der Waals surface area contributed by atoms with E-state index in [0.29, 0.717) is 6.61 Å². The molecule has 4 heteroatoms. The molecule has 0 aliphatic rings. The van der Waals surface area contributed by atoms with E-state index in [1.54, 1.807) is 6.08 Å². The predicted octanol–water partition coefficient (Wildman–Crippen LogP) is 2.92. The Hall–Kier alpha value is -1.42. The molecule has 1 rings (SSSR count). The minimum absolute atomic E-state index is 0.635. The molecule has 0 unspecified atom stereocenters. The van der Waals surface area contributed by atoms with Crippen LogP contribution in [0.1, 0.15) is 12.5 Å². The Balaban J connectivity index is 2.61. The molecule has 0 amide bonds. The first-order valence-corrected chi connectivity index (χ1v) is 6.60. The Morgan fingerprint density at radius 3 is 2.94 bits per heavy atom. The van der Waals surface area contributed by atoms with E-state index in [1.165, 1.54) is 0 Å². The average molecular weight is 252 g/mol. The molecule has 3 nitrogen and oxygen atoms in total. The molecule has 17 heavy (non-hydrogen) atoms. The summed E-state index contributed by atoms with van der Waals surface area (Å²) in [4.78, 5) is 10.5.